The van der Waals surface area contributed by atoms with Gasteiger partial charge in [0.2, 0.25) is 0 Å². The maximum atomic E-state index is 12.9. The van der Waals surface area contributed by atoms with Crippen molar-refractivity contribution in [2.75, 3.05) is 20.3 Å². The van der Waals surface area contributed by atoms with Crippen molar-refractivity contribution < 1.29 is 17.9 Å². The van der Waals surface area contributed by atoms with Gasteiger partial charge in [-0.15, -0.1) is 0 Å². The van der Waals surface area contributed by atoms with Crippen LogP contribution in [0.2, 0.25) is 0 Å². The van der Waals surface area contributed by atoms with E-state index in [-0.39, 0.29) is 17.2 Å². The molecule has 0 bridgehead atoms. The number of rotatable bonds is 3. The molecule has 1 aliphatic heterocycles. The Bertz CT molecular complexity index is 629. The summed E-state index contributed by atoms with van der Waals surface area (Å²) in [5.41, 5.74) is 0. The SMILES string of the molecule is CNC1CCC(S(=O)(=O)c2ccc3c(c2)OCCO3)C1C. The van der Waals surface area contributed by atoms with E-state index >= 15 is 0 Å². The maximum Gasteiger partial charge on any atom is 0.181 e. The van der Waals surface area contributed by atoms with Gasteiger partial charge in [0.05, 0.1) is 10.1 Å². The van der Waals surface area contributed by atoms with Gasteiger partial charge < -0.3 is 14.8 Å². The number of benzene rings is 1. The van der Waals surface area contributed by atoms with Crippen LogP contribution in [0.1, 0.15) is 19.8 Å². The lowest BCUT2D eigenvalue weighted by molar-refractivity contribution is 0.171. The largest absolute Gasteiger partial charge is 0.486 e. The minimum absolute atomic E-state index is 0.105. The Labute approximate surface area is 125 Å². The van der Waals surface area contributed by atoms with Crippen LogP contribution in [0.4, 0.5) is 0 Å². The van der Waals surface area contributed by atoms with Gasteiger partial charge in [-0.05, 0) is 37.9 Å². The van der Waals surface area contributed by atoms with Gasteiger partial charge in [-0.2, -0.15) is 0 Å². The summed E-state index contributed by atoms with van der Waals surface area (Å²) in [5.74, 6) is 1.25. The molecule has 0 saturated heterocycles. The van der Waals surface area contributed by atoms with E-state index in [1.54, 1.807) is 18.2 Å². The average Bonchev–Trinajstić information content (AvgIpc) is 2.88. The number of hydrogen-bond acceptors (Lipinski definition) is 5. The number of hydrogen-bond donors (Lipinski definition) is 1. The highest BCUT2D eigenvalue weighted by Crippen LogP contribution is 2.38. The van der Waals surface area contributed by atoms with E-state index in [2.05, 4.69) is 5.32 Å². The molecule has 1 saturated carbocycles. The lowest BCUT2D eigenvalue weighted by atomic mass is 10.1. The summed E-state index contributed by atoms with van der Waals surface area (Å²) in [6, 6.07) is 5.18. The first-order chi connectivity index (χ1) is 10.0. The fourth-order valence-corrected chi connectivity index (χ4v) is 5.43. The molecular weight excluding hydrogens is 290 g/mol. The van der Waals surface area contributed by atoms with Crippen LogP contribution in [0.15, 0.2) is 23.1 Å². The summed E-state index contributed by atoms with van der Waals surface area (Å²) >= 11 is 0. The second kappa shape index (κ2) is 5.50. The predicted octanol–water partition coefficient (Wildman–Crippen LogP) is 1.62. The van der Waals surface area contributed by atoms with E-state index < -0.39 is 9.84 Å². The summed E-state index contributed by atoms with van der Waals surface area (Å²) in [5, 5.41) is 2.87. The highest BCUT2D eigenvalue weighted by atomic mass is 32.2. The van der Waals surface area contributed by atoms with Crippen LogP contribution in [0.3, 0.4) is 0 Å². The average molecular weight is 311 g/mol. The smallest absolute Gasteiger partial charge is 0.181 e. The Morgan fingerprint density at radius 2 is 1.86 bits per heavy atom. The molecule has 1 N–H and O–H groups in total. The van der Waals surface area contributed by atoms with E-state index in [9.17, 15) is 8.42 Å². The van der Waals surface area contributed by atoms with Crippen molar-refractivity contribution in [2.45, 2.75) is 36.0 Å². The molecule has 5 nitrogen and oxygen atoms in total. The van der Waals surface area contributed by atoms with Gasteiger partial charge in [-0.3, -0.25) is 0 Å². The molecule has 1 fully saturated rings. The molecule has 0 aromatic heterocycles. The Kier molecular flexibility index (Phi) is 3.84. The zero-order valence-corrected chi connectivity index (χ0v) is 13.2. The van der Waals surface area contributed by atoms with Crippen molar-refractivity contribution in [1.29, 1.82) is 0 Å². The van der Waals surface area contributed by atoms with Crippen LogP contribution in [0.25, 0.3) is 0 Å². The van der Waals surface area contributed by atoms with E-state index in [0.717, 1.165) is 6.42 Å². The van der Waals surface area contributed by atoms with E-state index in [0.29, 0.717) is 36.0 Å². The fraction of sp³-hybridized carbons (Fsp3) is 0.600. The van der Waals surface area contributed by atoms with Gasteiger partial charge in [0.15, 0.2) is 21.3 Å². The first-order valence-corrected chi connectivity index (χ1v) is 8.89. The van der Waals surface area contributed by atoms with Gasteiger partial charge in [0, 0.05) is 12.1 Å². The molecule has 3 atom stereocenters. The van der Waals surface area contributed by atoms with Crippen LogP contribution in [-0.2, 0) is 9.84 Å². The predicted molar refractivity (Wildman–Crippen MR) is 79.7 cm³/mol. The fourth-order valence-electron chi connectivity index (χ4n) is 3.35. The van der Waals surface area contributed by atoms with Crippen LogP contribution in [0.5, 0.6) is 11.5 Å². The summed E-state index contributed by atoms with van der Waals surface area (Å²) in [6.45, 7) is 2.97. The minimum atomic E-state index is -3.34. The van der Waals surface area contributed by atoms with Crippen LogP contribution in [-0.4, -0.2) is 40.0 Å². The molecule has 1 aromatic rings. The molecular formula is C15H21NO4S. The zero-order chi connectivity index (χ0) is 15.0. The molecule has 21 heavy (non-hydrogen) atoms. The molecule has 0 amide bonds. The molecule has 3 unspecified atom stereocenters. The van der Waals surface area contributed by atoms with Crippen molar-refractivity contribution in [3.63, 3.8) is 0 Å². The maximum absolute atomic E-state index is 12.9. The lowest BCUT2D eigenvalue weighted by Crippen LogP contribution is -2.34. The van der Waals surface area contributed by atoms with Gasteiger partial charge >= 0.3 is 0 Å². The highest BCUT2D eigenvalue weighted by molar-refractivity contribution is 7.92. The number of fused-ring (bicyclic) bond motifs is 1. The Morgan fingerprint density at radius 3 is 2.52 bits per heavy atom. The summed E-state index contributed by atoms with van der Waals surface area (Å²) in [4.78, 5) is 0.334. The van der Waals surface area contributed by atoms with Gasteiger partial charge in [0.25, 0.3) is 0 Å². The molecule has 0 radical (unpaired) electrons. The molecule has 116 valence electrons. The molecule has 1 heterocycles. The second-order valence-electron chi connectivity index (χ2n) is 5.72. The van der Waals surface area contributed by atoms with Crippen molar-refractivity contribution in [2.24, 2.45) is 5.92 Å². The topological polar surface area (TPSA) is 64.6 Å². The van der Waals surface area contributed by atoms with Crippen LogP contribution >= 0.6 is 0 Å². The third-order valence-corrected chi connectivity index (χ3v) is 6.97. The first kappa shape index (κ1) is 14.7. The Balaban J connectivity index is 1.92. The zero-order valence-electron chi connectivity index (χ0n) is 12.3. The molecule has 2 aliphatic rings. The number of nitrogens with one attached hydrogen (secondary N) is 1. The molecule has 1 aromatic carbocycles. The van der Waals surface area contributed by atoms with Crippen molar-refractivity contribution in [1.82, 2.24) is 5.32 Å². The van der Waals surface area contributed by atoms with Crippen LogP contribution in [0, 0.1) is 5.92 Å². The van der Waals surface area contributed by atoms with Gasteiger partial charge in [0.1, 0.15) is 13.2 Å². The minimum Gasteiger partial charge on any atom is -0.486 e. The molecule has 6 heteroatoms. The first-order valence-electron chi connectivity index (χ1n) is 7.35. The third-order valence-electron chi connectivity index (χ3n) is 4.59. The molecule has 0 spiro atoms. The quantitative estimate of drug-likeness (QED) is 0.919. The Morgan fingerprint density at radius 1 is 1.14 bits per heavy atom. The second-order valence-corrected chi connectivity index (χ2v) is 7.89. The van der Waals surface area contributed by atoms with Crippen molar-refractivity contribution >= 4 is 9.84 Å². The summed E-state index contributed by atoms with van der Waals surface area (Å²) in [7, 11) is -1.45. The highest BCUT2D eigenvalue weighted by Gasteiger charge is 2.41. The van der Waals surface area contributed by atoms with Crippen LogP contribution < -0.4 is 14.8 Å². The lowest BCUT2D eigenvalue weighted by Gasteiger charge is -2.22. The Hall–Kier alpha value is -1.27. The molecule has 3 rings (SSSR count). The van der Waals surface area contributed by atoms with E-state index in [1.165, 1.54) is 0 Å². The third kappa shape index (κ3) is 2.51. The van der Waals surface area contributed by atoms with E-state index in [4.69, 9.17) is 9.47 Å². The number of ether oxygens (including phenoxy) is 2. The standard InChI is InChI=1S/C15H21NO4S/c1-10-12(16-2)4-6-15(10)21(17,18)11-3-5-13-14(9-11)20-8-7-19-13/h3,5,9-10,12,15-16H,4,6-8H2,1-2H3. The van der Waals surface area contributed by atoms with Gasteiger partial charge in [-0.25, -0.2) is 8.42 Å². The summed E-state index contributed by atoms with van der Waals surface area (Å²) < 4.78 is 36.7. The van der Waals surface area contributed by atoms with Gasteiger partial charge in [-0.1, -0.05) is 6.92 Å². The normalized spacial score (nSPS) is 28.6. The monoisotopic (exact) mass is 311 g/mol. The number of sulfone groups is 1. The molecule has 1 aliphatic carbocycles. The van der Waals surface area contributed by atoms with E-state index in [1.807, 2.05) is 14.0 Å². The summed E-state index contributed by atoms with van der Waals surface area (Å²) in [6.07, 6.45) is 1.59. The van der Waals surface area contributed by atoms with Crippen molar-refractivity contribution in [3.05, 3.63) is 18.2 Å². The van der Waals surface area contributed by atoms with Crippen molar-refractivity contribution in [3.8, 4) is 11.5 Å².